The minimum atomic E-state index is -0.539. The van der Waals surface area contributed by atoms with Gasteiger partial charge < -0.3 is 28.6 Å². The van der Waals surface area contributed by atoms with Gasteiger partial charge in [0.2, 0.25) is 0 Å². The largest absolute Gasteiger partial charge is 0.493 e. The number of benzene rings is 2. The first-order valence-electron chi connectivity index (χ1n) is 12.3. The van der Waals surface area contributed by atoms with Gasteiger partial charge in [-0.15, -0.1) is 10.2 Å². The van der Waals surface area contributed by atoms with E-state index in [-0.39, 0.29) is 12.2 Å². The van der Waals surface area contributed by atoms with Crippen LogP contribution in [0.2, 0.25) is 0 Å². The third-order valence-electron chi connectivity index (χ3n) is 6.09. The summed E-state index contributed by atoms with van der Waals surface area (Å²) in [5, 5.41) is 9.61. The van der Waals surface area contributed by atoms with Crippen molar-refractivity contribution in [1.29, 1.82) is 0 Å². The quantitative estimate of drug-likeness (QED) is 0.372. The first-order valence-corrected chi connectivity index (χ1v) is 12.3. The van der Waals surface area contributed by atoms with Crippen molar-refractivity contribution in [3.05, 3.63) is 42.7 Å². The monoisotopic (exact) mass is 521 g/mol. The molecule has 1 saturated heterocycles. The van der Waals surface area contributed by atoms with Gasteiger partial charge in [-0.1, -0.05) is 0 Å². The van der Waals surface area contributed by atoms with Crippen LogP contribution in [0.25, 0.3) is 27.9 Å². The summed E-state index contributed by atoms with van der Waals surface area (Å²) in [7, 11) is 3.18. The third-order valence-corrected chi connectivity index (χ3v) is 6.09. The molecule has 3 heterocycles. The molecule has 1 amide bonds. The molecule has 38 heavy (non-hydrogen) atoms. The van der Waals surface area contributed by atoms with Gasteiger partial charge in [-0.25, -0.2) is 9.78 Å². The fraction of sp³-hybridized carbons (Fsp3) is 0.407. The molecule has 200 valence electrons. The van der Waals surface area contributed by atoms with E-state index < -0.39 is 5.60 Å². The van der Waals surface area contributed by atoms with E-state index in [4.69, 9.17) is 23.7 Å². The van der Waals surface area contributed by atoms with Gasteiger partial charge in [0.15, 0.2) is 23.0 Å². The molecule has 1 aliphatic heterocycles. The lowest BCUT2D eigenvalue weighted by Crippen LogP contribution is -2.49. The number of fused-ring (bicyclic) bond motifs is 3. The van der Waals surface area contributed by atoms with Gasteiger partial charge in [-0.3, -0.25) is 4.40 Å². The fourth-order valence-electron chi connectivity index (χ4n) is 4.26. The smallest absolute Gasteiger partial charge is 0.410 e. The number of ether oxygens (including phenoxy) is 5. The number of methoxy groups -OCH3 is 2. The Morgan fingerprint density at radius 2 is 1.82 bits per heavy atom. The second kappa shape index (κ2) is 10.3. The molecule has 2 aromatic carbocycles. The van der Waals surface area contributed by atoms with Crippen LogP contribution in [0.4, 0.5) is 4.79 Å². The van der Waals surface area contributed by atoms with Crippen molar-refractivity contribution in [3.63, 3.8) is 0 Å². The molecule has 5 rings (SSSR count). The average molecular weight is 522 g/mol. The number of amides is 1. The molecule has 11 nitrogen and oxygen atoms in total. The standard InChI is InChI=1S/C27H31N5O6/c1-27(2,3)38-26(33)31-10-11-36-19(14-31)15-37-18-8-6-17(7-9-18)24-29-30-25-20-12-22(34-4)23(35-5)13-21(20)28-16-32(24)25/h6-9,12-13,16,19H,10-11,14-15H2,1-5H3. The van der Waals surface area contributed by atoms with E-state index in [1.165, 1.54) is 0 Å². The minimum absolute atomic E-state index is 0.244. The van der Waals surface area contributed by atoms with E-state index in [2.05, 4.69) is 15.2 Å². The second-order valence-corrected chi connectivity index (χ2v) is 9.94. The predicted molar refractivity (Wildman–Crippen MR) is 140 cm³/mol. The number of aromatic nitrogens is 4. The average Bonchev–Trinajstić information content (AvgIpc) is 3.35. The van der Waals surface area contributed by atoms with E-state index in [0.717, 1.165) is 16.5 Å². The van der Waals surface area contributed by atoms with Gasteiger partial charge in [0.25, 0.3) is 0 Å². The SMILES string of the molecule is COc1cc2ncn3c(-c4ccc(OCC5CN(C(=O)OC(C)(C)C)CCO5)cc4)nnc3c2cc1OC. The first kappa shape index (κ1) is 25.5. The molecule has 1 unspecified atom stereocenters. The van der Waals surface area contributed by atoms with Crippen molar-refractivity contribution in [2.75, 3.05) is 40.5 Å². The van der Waals surface area contributed by atoms with Crippen LogP contribution >= 0.6 is 0 Å². The van der Waals surface area contributed by atoms with Crippen LogP contribution in [0.5, 0.6) is 17.2 Å². The number of carbonyl (C=O) groups is 1. The lowest BCUT2D eigenvalue weighted by Gasteiger charge is -2.34. The summed E-state index contributed by atoms with van der Waals surface area (Å²) in [5.74, 6) is 2.53. The summed E-state index contributed by atoms with van der Waals surface area (Å²) >= 11 is 0. The summed E-state index contributed by atoms with van der Waals surface area (Å²) in [6, 6.07) is 11.2. The molecule has 1 aliphatic rings. The lowest BCUT2D eigenvalue weighted by molar-refractivity contribution is -0.0557. The number of hydrogen-bond donors (Lipinski definition) is 0. The Morgan fingerprint density at radius 1 is 1.08 bits per heavy atom. The highest BCUT2D eigenvalue weighted by molar-refractivity contribution is 5.94. The molecule has 0 bridgehead atoms. The van der Waals surface area contributed by atoms with Gasteiger partial charge >= 0.3 is 6.09 Å². The van der Waals surface area contributed by atoms with Crippen LogP contribution in [0.3, 0.4) is 0 Å². The number of carbonyl (C=O) groups excluding carboxylic acids is 1. The summed E-state index contributed by atoms with van der Waals surface area (Å²) in [5.41, 5.74) is 1.71. The maximum absolute atomic E-state index is 12.4. The van der Waals surface area contributed by atoms with E-state index in [1.54, 1.807) is 25.4 Å². The normalized spacial score (nSPS) is 16.0. The Hall–Kier alpha value is -4.12. The molecule has 0 N–H and O–H groups in total. The highest BCUT2D eigenvalue weighted by Gasteiger charge is 2.28. The van der Waals surface area contributed by atoms with Crippen molar-refractivity contribution in [1.82, 2.24) is 24.5 Å². The maximum atomic E-state index is 12.4. The Morgan fingerprint density at radius 3 is 2.53 bits per heavy atom. The zero-order chi connectivity index (χ0) is 26.9. The van der Waals surface area contributed by atoms with Gasteiger partial charge in [0.05, 0.1) is 32.9 Å². The molecule has 4 aromatic rings. The van der Waals surface area contributed by atoms with E-state index in [1.807, 2.05) is 61.6 Å². The van der Waals surface area contributed by atoms with E-state index >= 15 is 0 Å². The summed E-state index contributed by atoms with van der Waals surface area (Å²) in [6.45, 7) is 7.22. The van der Waals surface area contributed by atoms with Crippen LogP contribution in [-0.4, -0.2) is 82.8 Å². The fourth-order valence-corrected chi connectivity index (χ4v) is 4.26. The Labute approximate surface area is 220 Å². The zero-order valence-electron chi connectivity index (χ0n) is 22.1. The lowest BCUT2D eigenvalue weighted by atomic mass is 10.2. The summed E-state index contributed by atoms with van der Waals surface area (Å²) < 4.78 is 29.9. The molecule has 2 aromatic heterocycles. The van der Waals surface area contributed by atoms with Crippen LogP contribution in [-0.2, 0) is 9.47 Å². The Bertz CT molecular complexity index is 1450. The molecule has 1 fully saturated rings. The van der Waals surface area contributed by atoms with Crippen molar-refractivity contribution in [2.24, 2.45) is 0 Å². The number of nitrogens with zero attached hydrogens (tertiary/aromatic N) is 5. The van der Waals surface area contributed by atoms with E-state index in [9.17, 15) is 4.79 Å². The highest BCUT2D eigenvalue weighted by Crippen LogP contribution is 2.33. The highest BCUT2D eigenvalue weighted by atomic mass is 16.6. The molecule has 1 atom stereocenters. The van der Waals surface area contributed by atoms with Gasteiger partial charge in [-0.2, -0.15) is 0 Å². The molecule has 0 spiro atoms. The summed E-state index contributed by atoms with van der Waals surface area (Å²) in [4.78, 5) is 18.6. The predicted octanol–water partition coefficient (Wildman–Crippen LogP) is 3.98. The number of morpholine rings is 1. The molecule has 0 aliphatic carbocycles. The van der Waals surface area contributed by atoms with Crippen LogP contribution < -0.4 is 14.2 Å². The minimum Gasteiger partial charge on any atom is -0.493 e. The maximum Gasteiger partial charge on any atom is 0.410 e. The zero-order valence-corrected chi connectivity index (χ0v) is 22.1. The molecule has 11 heteroatoms. The van der Waals surface area contributed by atoms with Gasteiger partial charge in [0, 0.05) is 23.6 Å². The Balaban J connectivity index is 1.28. The summed E-state index contributed by atoms with van der Waals surface area (Å²) in [6.07, 6.45) is 1.11. The first-order chi connectivity index (χ1) is 18.3. The molecular weight excluding hydrogens is 490 g/mol. The van der Waals surface area contributed by atoms with Crippen LogP contribution in [0.15, 0.2) is 42.7 Å². The van der Waals surface area contributed by atoms with E-state index in [0.29, 0.717) is 55.0 Å². The second-order valence-electron chi connectivity index (χ2n) is 9.94. The van der Waals surface area contributed by atoms with Crippen LogP contribution in [0.1, 0.15) is 20.8 Å². The Kier molecular flexibility index (Phi) is 6.94. The van der Waals surface area contributed by atoms with Crippen molar-refractivity contribution in [3.8, 4) is 28.6 Å². The van der Waals surface area contributed by atoms with Crippen molar-refractivity contribution >= 4 is 22.6 Å². The topological polar surface area (TPSA) is 110 Å². The van der Waals surface area contributed by atoms with Crippen molar-refractivity contribution < 1.29 is 28.5 Å². The van der Waals surface area contributed by atoms with Gasteiger partial charge in [-0.05, 0) is 51.1 Å². The molecular formula is C27H31N5O6. The molecule has 0 saturated carbocycles. The van der Waals surface area contributed by atoms with Gasteiger partial charge in [0.1, 0.15) is 30.4 Å². The number of hydrogen-bond acceptors (Lipinski definition) is 9. The number of rotatable bonds is 6. The van der Waals surface area contributed by atoms with Crippen molar-refractivity contribution in [2.45, 2.75) is 32.5 Å². The third kappa shape index (κ3) is 5.28. The van der Waals surface area contributed by atoms with Crippen LogP contribution in [0, 0.1) is 0 Å². The molecule has 0 radical (unpaired) electrons.